The number of carbonyl (C=O) groups excluding carboxylic acids is 1. The van der Waals surface area contributed by atoms with Crippen molar-refractivity contribution >= 4 is 12.0 Å². The number of anilines is 1. The molecule has 0 atom stereocenters. The van der Waals surface area contributed by atoms with Crippen LogP contribution in [-0.2, 0) is 4.74 Å². The number of hydrogen-bond acceptors (Lipinski definition) is 4. The second-order valence-electron chi connectivity index (χ2n) is 1.87. The first-order chi connectivity index (χ1) is 5.72. The van der Waals surface area contributed by atoms with Crippen molar-refractivity contribution in [2.75, 3.05) is 11.9 Å². The average molecular weight is 172 g/mol. The highest BCUT2D eigenvalue weighted by Gasteiger charge is 2.03. The fraction of sp³-hybridized carbons (Fsp3) is 0.400. The molecule has 1 heterocycles. The Morgan fingerprint density at radius 1 is 1.75 bits per heavy atom. The highest BCUT2D eigenvalue weighted by Crippen LogP contribution is 1.90. The monoisotopic (exact) mass is 172 g/mol. The van der Waals surface area contributed by atoms with Crippen LogP contribution in [0.1, 0.15) is 6.92 Å². The van der Waals surface area contributed by atoms with Gasteiger partial charge in [-0.25, -0.2) is 14.7 Å². The summed E-state index contributed by atoms with van der Waals surface area (Å²) in [5.74, 6) is 0.0402. The van der Waals surface area contributed by atoms with Gasteiger partial charge >= 0.3 is 11.8 Å². The number of amides is 1. The van der Waals surface area contributed by atoms with Gasteiger partial charge in [0.2, 0.25) is 5.95 Å². The fourth-order valence-corrected chi connectivity index (χ4v) is 0.593. The standard InChI is InChI=1S/C5H8N4O3/c1-2-12-5(11)7-3-6-4(10)9-8-3/h2H2,1H3,(H3,6,7,8,9,10,11). The third-order valence-corrected chi connectivity index (χ3v) is 0.997. The van der Waals surface area contributed by atoms with Crippen molar-refractivity contribution in [3.8, 4) is 0 Å². The number of nitrogens with zero attached hydrogens (tertiary/aromatic N) is 1. The highest BCUT2D eigenvalue weighted by molar-refractivity contribution is 5.81. The molecule has 0 bridgehead atoms. The molecule has 0 aromatic carbocycles. The van der Waals surface area contributed by atoms with Crippen molar-refractivity contribution in [3.05, 3.63) is 10.5 Å². The summed E-state index contributed by atoms with van der Waals surface area (Å²) in [6, 6.07) is 0. The molecular formula is C5H8N4O3. The van der Waals surface area contributed by atoms with Gasteiger partial charge in [0.25, 0.3) is 0 Å². The van der Waals surface area contributed by atoms with Crippen molar-refractivity contribution in [2.24, 2.45) is 0 Å². The lowest BCUT2D eigenvalue weighted by molar-refractivity contribution is 0.167. The Balaban J connectivity index is 2.52. The first-order valence-corrected chi connectivity index (χ1v) is 3.31. The fourth-order valence-electron chi connectivity index (χ4n) is 0.593. The number of carbonyl (C=O) groups is 1. The van der Waals surface area contributed by atoms with Gasteiger partial charge in [-0.1, -0.05) is 0 Å². The van der Waals surface area contributed by atoms with Crippen molar-refractivity contribution in [1.82, 2.24) is 15.2 Å². The van der Waals surface area contributed by atoms with E-state index in [1.54, 1.807) is 6.92 Å². The summed E-state index contributed by atoms with van der Waals surface area (Å²) in [5.41, 5.74) is -0.484. The van der Waals surface area contributed by atoms with Crippen LogP contribution in [0.15, 0.2) is 4.79 Å². The molecule has 7 heteroatoms. The van der Waals surface area contributed by atoms with Crippen LogP contribution < -0.4 is 11.0 Å². The van der Waals surface area contributed by atoms with Gasteiger partial charge in [-0.3, -0.25) is 10.3 Å². The molecule has 12 heavy (non-hydrogen) atoms. The van der Waals surface area contributed by atoms with E-state index in [1.165, 1.54) is 0 Å². The topological polar surface area (TPSA) is 99.9 Å². The Labute approximate surface area is 67.1 Å². The minimum Gasteiger partial charge on any atom is -0.450 e. The molecule has 0 aliphatic rings. The summed E-state index contributed by atoms with van der Waals surface area (Å²) >= 11 is 0. The number of aromatic amines is 2. The lowest BCUT2D eigenvalue weighted by Crippen LogP contribution is -2.14. The quantitative estimate of drug-likeness (QED) is 0.568. The molecule has 3 N–H and O–H groups in total. The van der Waals surface area contributed by atoms with Crippen LogP contribution in [0.4, 0.5) is 10.7 Å². The maximum Gasteiger partial charge on any atom is 0.413 e. The highest BCUT2D eigenvalue weighted by atomic mass is 16.5. The van der Waals surface area contributed by atoms with Crippen LogP contribution in [0.5, 0.6) is 0 Å². The number of nitrogens with one attached hydrogen (secondary N) is 3. The van der Waals surface area contributed by atoms with E-state index >= 15 is 0 Å². The molecule has 0 unspecified atom stereocenters. The van der Waals surface area contributed by atoms with Gasteiger partial charge in [-0.15, -0.1) is 5.10 Å². The third kappa shape index (κ3) is 2.11. The minimum atomic E-state index is -0.653. The SMILES string of the molecule is CCOC(=O)Nc1n[nH]c(=O)[nH]1. The Morgan fingerprint density at radius 3 is 3.00 bits per heavy atom. The molecule has 0 saturated carbocycles. The van der Waals surface area contributed by atoms with Crippen LogP contribution in [0.25, 0.3) is 0 Å². The number of aromatic nitrogens is 3. The average Bonchev–Trinajstić information content (AvgIpc) is 2.36. The summed E-state index contributed by atoms with van der Waals surface area (Å²) in [6.45, 7) is 1.94. The smallest absolute Gasteiger partial charge is 0.413 e. The molecule has 0 spiro atoms. The zero-order chi connectivity index (χ0) is 8.97. The zero-order valence-electron chi connectivity index (χ0n) is 6.38. The zero-order valence-corrected chi connectivity index (χ0v) is 6.38. The number of ether oxygens (including phenoxy) is 1. The molecule has 1 rings (SSSR count). The number of rotatable bonds is 2. The molecule has 0 radical (unpaired) electrons. The molecule has 1 aromatic rings. The van der Waals surface area contributed by atoms with Gasteiger partial charge in [0.15, 0.2) is 0 Å². The predicted octanol–water partition coefficient (Wildman–Crippen LogP) is -0.334. The molecule has 1 amide bonds. The van der Waals surface area contributed by atoms with Crippen molar-refractivity contribution in [1.29, 1.82) is 0 Å². The van der Waals surface area contributed by atoms with E-state index < -0.39 is 11.8 Å². The summed E-state index contributed by atoms with van der Waals surface area (Å²) < 4.78 is 4.53. The summed E-state index contributed by atoms with van der Waals surface area (Å²) in [7, 11) is 0. The maximum absolute atomic E-state index is 10.7. The van der Waals surface area contributed by atoms with Gasteiger partial charge in [-0.2, -0.15) is 0 Å². The van der Waals surface area contributed by atoms with E-state index in [4.69, 9.17) is 0 Å². The Kier molecular flexibility index (Phi) is 2.46. The molecule has 0 aliphatic heterocycles. The lowest BCUT2D eigenvalue weighted by atomic mass is 10.8. The van der Waals surface area contributed by atoms with E-state index in [2.05, 4.69) is 25.2 Å². The molecule has 7 nitrogen and oxygen atoms in total. The molecule has 66 valence electrons. The van der Waals surface area contributed by atoms with E-state index in [9.17, 15) is 9.59 Å². The van der Waals surface area contributed by atoms with Crippen molar-refractivity contribution in [2.45, 2.75) is 6.92 Å². The van der Waals surface area contributed by atoms with Crippen LogP contribution >= 0.6 is 0 Å². The summed E-state index contributed by atoms with van der Waals surface area (Å²) in [4.78, 5) is 23.4. The molecular weight excluding hydrogens is 164 g/mol. The molecule has 1 aromatic heterocycles. The van der Waals surface area contributed by atoms with Crippen LogP contribution in [0.3, 0.4) is 0 Å². The van der Waals surface area contributed by atoms with E-state index in [0.717, 1.165) is 0 Å². The van der Waals surface area contributed by atoms with Crippen LogP contribution in [0.2, 0.25) is 0 Å². The molecule has 0 saturated heterocycles. The van der Waals surface area contributed by atoms with Crippen molar-refractivity contribution < 1.29 is 9.53 Å². The van der Waals surface area contributed by atoms with Gasteiger partial charge in [0, 0.05) is 0 Å². The summed E-state index contributed by atoms with van der Waals surface area (Å²) in [5, 5.41) is 7.72. The number of H-pyrrole nitrogens is 2. The lowest BCUT2D eigenvalue weighted by Gasteiger charge is -1.99. The normalized spacial score (nSPS) is 9.42. The summed E-state index contributed by atoms with van der Waals surface area (Å²) in [6.07, 6.45) is -0.653. The first-order valence-electron chi connectivity index (χ1n) is 3.31. The Bertz CT molecular complexity index is 314. The van der Waals surface area contributed by atoms with Crippen LogP contribution in [0, 0.1) is 0 Å². The largest absolute Gasteiger partial charge is 0.450 e. The van der Waals surface area contributed by atoms with Gasteiger partial charge in [0.1, 0.15) is 0 Å². The minimum absolute atomic E-state index is 0.0402. The second-order valence-corrected chi connectivity index (χ2v) is 1.87. The number of hydrogen-bond donors (Lipinski definition) is 3. The Morgan fingerprint density at radius 2 is 2.50 bits per heavy atom. The first kappa shape index (κ1) is 8.31. The molecule has 0 aliphatic carbocycles. The predicted molar refractivity (Wildman–Crippen MR) is 39.9 cm³/mol. The van der Waals surface area contributed by atoms with E-state index in [0.29, 0.717) is 0 Å². The maximum atomic E-state index is 10.7. The molecule has 0 fully saturated rings. The van der Waals surface area contributed by atoms with Gasteiger partial charge in [-0.05, 0) is 6.92 Å². The van der Waals surface area contributed by atoms with Gasteiger partial charge in [0.05, 0.1) is 6.61 Å². The van der Waals surface area contributed by atoms with E-state index in [1.807, 2.05) is 0 Å². The van der Waals surface area contributed by atoms with Gasteiger partial charge < -0.3 is 4.74 Å². The Hall–Kier alpha value is -1.79. The van der Waals surface area contributed by atoms with E-state index in [-0.39, 0.29) is 12.6 Å². The van der Waals surface area contributed by atoms with Crippen LogP contribution in [-0.4, -0.2) is 27.9 Å². The second kappa shape index (κ2) is 3.56. The van der Waals surface area contributed by atoms with Crippen molar-refractivity contribution in [3.63, 3.8) is 0 Å². The third-order valence-electron chi connectivity index (χ3n) is 0.997.